The second-order valence-electron chi connectivity index (χ2n) is 4.16. The Morgan fingerprint density at radius 2 is 1.95 bits per heavy atom. The predicted molar refractivity (Wildman–Crippen MR) is 75.7 cm³/mol. The monoisotopic (exact) mass is 291 g/mol. The highest BCUT2D eigenvalue weighted by Gasteiger charge is 2.41. The number of carbonyl (C=O) groups excluding carboxylic acids is 3. The molecular formula is C14H13NO4S. The molecule has 2 amide bonds. The van der Waals surface area contributed by atoms with Gasteiger partial charge in [0.2, 0.25) is 0 Å². The second kappa shape index (κ2) is 5.92. The first-order chi connectivity index (χ1) is 9.54. The molecule has 0 aromatic heterocycles. The first-order valence-electron chi connectivity index (χ1n) is 5.94. The summed E-state index contributed by atoms with van der Waals surface area (Å²) in [5.41, 5.74) is 0.823. The van der Waals surface area contributed by atoms with Gasteiger partial charge in [-0.15, -0.1) is 0 Å². The molecule has 1 saturated heterocycles. The van der Waals surface area contributed by atoms with Gasteiger partial charge >= 0.3 is 5.97 Å². The van der Waals surface area contributed by atoms with Crippen molar-refractivity contribution in [1.82, 2.24) is 4.90 Å². The van der Waals surface area contributed by atoms with Crippen LogP contribution in [0.2, 0.25) is 0 Å². The molecule has 0 unspecified atom stereocenters. The lowest BCUT2D eigenvalue weighted by Crippen LogP contribution is -2.42. The van der Waals surface area contributed by atoms with Crippen LogP contribution >= 0.6 is 11.8 Å². The summed E-state index contributed by atoms with van der Waals surface area (Å²) >= 11 is 0.824. The topological polar surface area (TPSA) is 63.7 Å². The number of amides is 2. The summed E-state index contributed by atoms with van der Waals surface area (Å²) in [5, 5.41) is -0.463. The van der Waals surface area contributed by atoms with Crippen LogP contribution in [-0.2, 0) is 14.3 Å². The highest BCUT2D eigenvalue weighted by Crippen LogP contribution is 2.33. The molecule has 2 rings (SSSR count). The van der Waals surface area contributed by atoms with Crippen LogP contribution in [0.5, 0.6) is 0 Å². The van der Waals surface area contributed by atoms with Crippen molar-refractivity contribution in [3.63, 3.8) is 0 Å². The number of rotatable bonds is 3. The van der Waals surface area contributed by atoms with Crippen molar-refractivity contribution in [2.75, 3.05) is 7.11 Å². The summed E-state index contributed by atoms with van der Waals surface area (Å²) in [7, 11) is 1.22. The van der Waals surface area contributed by atoms with Crippen LogP contribution < -0.4 is 0 Å². The summed E-state index contributed by atoms with van der Waals surface area (Å²) in [6.07, 6.45) is 1.63. The average Bonchev–Trinajstić information content (AvgIpc) is 2.73. The van der Waals surface area contributed by atoms with Gasteiger partial charge in [0.1, 0.15) is 6.04 Å². The largest absolute Gasteiger partial charge is 0.467 e. The number of carbonyl (C=O) groups is 3. The Morgan fingerprint density at radius 1 is 1.30 bits per heavy atom. The van der Waals surface area contributed by atoms with E-state index in [2.05, 4.69) is 4.74 Å². The first kappa shape index (κ1) is 14.3. The molecule has 1 aliphatic heterocycles. The molecule has 1 aromatic rings. The van der Waals surface area contributed by atoms with Crippen molar-refractivity contribution < 1.29 is 19.1 Å². The Morgan fingerprint density at radius 3 is 2.55 bits per heavy atom. The molecule has 104 valence electrons. The molecule has 1 heterocycles. The van der Waals surface area contributed by atoms with Gasteiger partial charge in [0.15, 0.2) is 0 Å². The van der Waals surface area contributed by atoms with Crippen molar-refractivity contribution in [1.29, 1.82) is 0 Å². The van der Waals surface area contributed by atoms with E-state index in [0.29, 0.717) is 4.91 Å². The molecule has 20 heavy (non-hydrogen) atoms. The normalized spacial score (nSPS) is 18.5. The fraction of sp³-hybridized carbons (Fsp3) is 0.214. The van der Waals surface area contributed by atoms with Gasteiger partial charge in [-0.3, -0.25) is 14.5 Å². The van der Waals surface area contributed by atoms with Gasteiger partial charge in [-0.2, -0.15) is 0 Å². The third-order valence-electron chi connectivity index (χ3n) is 2.85. The van der Waals surface area contributed by atoms with Crippen LogP contribution in [0.1, 0.15) is 12.5 Å². The maximum absolute atomic E-state index is 12.2. The summed E-state index contributed by atoms with van der Waals surface area (Å²) in [6.45, 7) is 1.47. The van der Waals surface area contributed by atoms with E-state index in [1.807, 2.05) is 30.3 Å². The standard InChI is InChI=1S/C14H13NO4S/c1-9(13(17)19-2)15-12(16)11(20-14(15)18)8-10-6-4-3-5-7-10/h3-9H,1-2H3/b11-8-/t9-/m1/s1. The molecule has 0 N–H and O–H groups in total. The van der Waals surface area contributed by atoms with E-state index in [4.69, 9.17) is 0 Å². The fourth-order valence-electron chi connectivity index (χ4n) is 1.79. The highest BCUT2D eigenvalue weighted by molar-refractivity contribution is 8.18. The van der Waals surface area contributed by atoms with E-state index in [1.54, 1.807) is 6.08 Å². The van der Waals surface area contributed by atoms with Crippen LogP contribution in [-0.4, -0.2) is 35.2 Å². The van der Waals surface area contributed by atoms with Crippen molar-refractivity contribution in [2.24, 2.45) is 0 Å². The van der Waals surface area contributed by atoms with E-state index in [1.165, 1.54) is 14.0 Å². The van der Waals surface area contributed by atoms with E-state index in [-0.39, 0.29) is 0 Å². The number of imide groups is 1. The summed E-state index contributed by atoms with van der Waals surface area (Å²) in [6, 6.07) is 8.28. The van der Waals surface area contributed by atoms with Crippen LogP contribution in [0.15, 0.2) is 35.2 Å². The maximum atomic E-state index is 12.2. The number of hydrogen-bond acceptors (Lipinski definition) is 5. The zero-order valence-corrected chi connectivity index (χ0v) is 11.8. The summed E-state index contributed by atoms with van der Waals surface area (Å²) < 4.78 is 4.56. The SMILES string of the molecule is COC(=O)[C@@H](C)N1C(=O)S/C(=C\c2ccccc2)C1=O. The average molecular weight is 291 g/mol. The molecule has 1 fully saturated rings. The molecule has 5 nitrogen and oxygen atoms in total. The van der Waals surface area contributed by atoms with Gasteiger partial charge in [-0.05, 0) is 30.3 Å². The fourth-order valence-corrected chi connectivity index (χ4v) is 2.70. The van der Waals surface area contributed by atoms with Crippen molar-refractivity contribution >= 4 is 35.0 Å². The number of ether oxygens (including phenoxy) is 1. The number of hydrogen-bond donors (Lipinski definition) is 0. The van der Waals surface area contributed by atoms with Gasteiger partial charge in [-0.25, -0.2) is 4.79 Å². The number of methoxy groups -OCH3 is 1. The third kappa shape index (κ3) is 2.75. The maximum Gasteiger partial charge on any atom is 0.328 e. The Hall–Kier alpha value is -2.08. The van der Waals surface area contributed by atoms with Crippen molar-refractivity contribution in [3.05, 3.63) is 40.8 Å². The zero-order chi connectivity index (χ0) is 14.7. The second-order valence-corrected chi connectivity index (χ2v) is 5.15. The van der Waals surface area contributed by atoms with Gasteiger partial charge in [0.25, 0.3) is 11.1 Å². The van der Waals surface area contributed by atoms with Gasteiger partial charge in [-0.1, -0.05) is 30.3 Å². The number of thioether (sulfide) groups is 1. The van der Waals surface area contributed by atoms with Crippen LogP contribution in [0.25, 0.3) is 6.08 Å². The molecule has 1 atom stereocenters. The minimum absolute atomic E-state index is 0.303. The first-order valence-corrected chi connectivity index (χ1v) is 6.76. The van der Waals surface area contributed by atoms with Crippen LogP contribution in [0.4, 0.5) is 4.79 Å². The van der Waals surface area contributed by atoms with Crippen molar-refractivity contribution in [3.8, 4) is 0 Å². The number of esters is 1. The predicted octanol–water partition coefficient (Wildman–Crippen LogP) is 2.28. The lowest BCUT2D eigenvalue weighted by Gasteiger charge is -2.18. The van der Waals surface area contributed by atoms with Crippen LogP contribution in [0.3, 0.4) is 0 Å². The van der Waals surface area contributed by atoms with E-state index in [0.717, 1.165) is 22.2 Å². The number of benzene rings is 1. The number of nitrogens with zero attached hydrogens (tertiary/aromatic N) is 1. The van der Waals surface area contributed by atoms with Crippen LogP contribution in [0, 0.1) is 0 Å². The Bertz CT molecular complexity index is 582. The molecule has 0 saturated carbocycles. The molecule has 0 spiro atoms. The lowest BCUT2D eigenvalue weighted by atomic mass is 10.2. The molecule has 0 aliphatic carbocycles. The summed E-state index contributed by atoms with van der Waals surface area (Å²) in [5.74, 6) is -1.09. The molecule has 1 aromatic carbocycles. The molecule has 0 radical (unpaired) electrons. The highest BCUT2D eigenvalue weighted by atomic mass is 32.2. The van der Waals surface area contributed by atoms with Gasteiger partial charge < -0.3 is 4.74 Å². The van der Waals surface area contributed by atoms with Gasteiger partial charge in [0, 0.05) is 0 Å². The molecule has 6 heteroatoms. The Kier molecular flexibility index (Phi) is 4.24. The minimum atomic E-state index is -0.922. The van der Waals surface area contributed by atoms with Crippen molar-refractivity contribution in [2.45, 2.75) is 13.0 Å². The Labute approximate surface area is 120 Å². The molecular weight excluding hydrogens is 278 g/mol. The quantitative estimate of drug-likeness (QED) is 0.631. The third-order valence-corrected chi connectivity index (χ3v) is 3.73. The zero-order valence-electron chi connectivity index (χ0n) is 11.0. The smallest absolute Gasteiger partial charge is 0.328 e. The lowest BCUT2D eigenvalue weighted by molar-refractivity contribution is -0.148. The molecule has 1 aliphatic rings. The minimum Gasteiger partial charge on any atom is -0.467 e. The van der Waals surface area contributed by atoms with E-state index >= 15 is 0 Å². The van der Waals surface area contributed by atoms with E-state index in [9.17, 15) is 14.4 Å². The Balaban J connectivity index is 2.25. The summed E-state index contributed by atoms with van der Waals surface area (Å²) in [4.78, 5) is 36.7. The van der Waals surface area contributed by atoms with Gasteiger partial charge in [0.05, 0.1) is 12.0 Å². The molecule has 0 bridgehead atoms. The van der Waals surface area contributed by atoms with E-state index < -0.39 is 23.2 Å².